The van der Waals surface area contributed by atoms with E-state index < -0.39 is 0 Å². The average Bonchev–Trinajstić information content (AvgIpc) is 2.89. The van der Waals surface area contributed by atoms with Crippen LogP contribution < -0.4 is 5.32 Å². The molecule has 1 heterocycles. The summed E-state index contributed by atoms with van der Waals surface area (Å²) in [7, 11) is 0. The number of nitrogens with one attached hydrogen (secondary N) is 2. The summed E-state index contributed by atoms with van der Waals surface area (Å²) in [6.07, 6.45) is 1.86. The smallest absolute Gasteiger partial charge is 0.257 e. The summed E-state index contributed by atoms with van der Waals surface area (Å²) in [4.78, 5) is 15.3. The molecule has 1 aromatic heterocycles. The molecule has 0 fully saturated rings. The monoisotopic (exact) mass is 348 g/mol. The number of hydrogen-bond donors (Lipinski definition) is 2. The van der Waals surface area contributed by atoms with Crippen LogP contribution in [0.2, 0.25) is 5.02 Å². The van der Waals surface area contributed by atoms with Crippen LogP contribution >= 0.6 is 27.5 Å². The average molecular weight is 350 g/mol. The van der Waals surface area contributed by atoms with Gasteiger partial charge < -0.3 is 10.3 Å². The largest absolute Gasteiger partial charge is 0.361 e. The first-order valence-electron chi connectivity index (χ1n) is 5.97. The summed E-state index contributed by atoms with van der Waals surface area (Å²) in [5.74, 6) is -0.230. The highest BCUT2D eigenvalue weighted by molar-refractivity contribution is 9.10. The zero-order chi connectivity index (χ0) is 14.1. The van der Waals surface area contributed by atoms with E-state index in [0.29, 0.717) is 10.6 Å². The number of fused-ring (bicyclic) bond motifs is 1. The molecule has 0 aliphatic carbocycles. The number of hydrogen-bond acceptors (Lipinski definition) is 1. The third-order valence-electron chi connectivity index (χ3n) is 2.98. The molecule has 5 heteroatoms. The van der Waals surface area contributed by atoms with E-state index >= 15 is 0 Å². The molecule has 0 spiro atoms. The normalized spacial score (nSPS) is 10.7. The van der Waals surface area contributed by atoms with Crippen LogP contribution in [0.1, 0.15) is 10.4 Å². The van der Waals surface area contributed by atoms with Gasteiger partial charge in [0.15, 0.2) is 0 Å². The lowest BCUT2D eigenvalue weighted by atomic mass is 10.2. The van der Waals surface area contributed by atoms with Crippen LogP contribution in [0.25, 0.3) is 10.9 Å². The van der Waals surface area contributed by atoms with Crippen molar-refractivity contribution in [2.75, 3.05) is 5.32 Å². The Balaban J connectivity index is 1.89. The second-order valence-corrected chi connectivity index (χ2v) is 5.68. The van der Waals surface area contributed by atoms with E-state index in [0.717, 1.165) is 21.1 Å². The van der Waals surface area contributed by atoms with Crippen molar-refractivity contribution >= 4 is 50.0 Å². The topological polar surface area (TPSA) is 44.9 Å². The second-order valence-electron chi connectivity index (χ2n) is 4.36. The first-order chi connectivity index (χ1) is 9.63. The number of amides is 1. The molecular formula is C15H10BrClN2O. The Labute approximate surface area is 129 Å². The van der Waals surface area contributed by atoms with Crippen LogP contribution in [0.15, 0.2) is 53.1 Å². The molecule has 0 unspecified atom stereocenters. The van der Waals surface area contributed by atoms with Gasteiger partial charge in [-0.2, -0.15) is 0 Å². The zero-order valence-electron chi connectivity index (χ0n) is 10.3. The van der Waals surface area contributed by atoms with E-state index in [-0.39, 0.29) is 5.91 Å². The van der Waals surface area contributed by atoms with E-state index in [1.54, 1.807) is 18.2 Å². The molecule has 0 radical (unpaired) electrons. The van der Waals surface area contributed by atoms with Crippen LogP contribution in [0, 0.1) is 0 Å². The second kappa shape index (κ2) is 5.31. The molecule has 100 valence electrons. The van der Waals surface area contributed by atoms with Gasteiger partial charge in [0.05, 0.1) is 10.6 Å². The molecule has 0 saturated heterocycles. The number of aromatic amines is 1. The van der Waals surface area contributed by atoms with Gasteiger partial charge in [-0.15, -0.1) is 0 Å². The van der Waals surface area contributed by atoms with Crippen molar-refractivity contribution in [1.82, 2.24) is 4.98 Å². The van der Waals surface area contributed by atoms with Gasteiger partial charge in [0, 0.05) is 27.3 Å². The van der Waals surface area contributed by atoms with Crippen LogP contribution in [0.4, 0.5) is 5.69 Å². The number of rotatable bonds is 2. The van der Waals surface area contributed by atoms with Crippen LogP contribution in [0.3, 0.4) is 0 Å². The van der Waals surface area contributed by atoms with Crippen LogP contribution in [0.5, 0.6) is 0 Å². The van der Waals surface area contributed by atoms with Gasteiger partial charge in [-0.1, -0.05) is 27.5 Å². The lowest BCUT2D eigenvalue weighted by molar-refractivity contribution is 0.102. The van der Waals surface area contributed by atoms with Crippen LogP contribution in [-0.4, -0.2) is 10.9 Å². The van der Waals surface area contributed by atoms with Gasteiger partial charge in [-0.3, -0.25) is 4.79 Å². The molecule has 0 saturated carbocycles. The standard InChI is InChI=1S/C15H10BrClN2O/c16-10-1-3-13(17)12(8-10)15(20)19-11-2-4-14-9(7-11)5-6-18-14/h1-8,18H,(H,19,20). The molecular weight excluding hydrogens is 340 g/mol. The molecule has 1 amide bonds. The third-order valence-corrected chi connectivity index (χ3v) is 3.81. The maximum atomic E-state index is 12.2. The maximum absolute atomic E-state index is 12.2. The summed E-state index contributed by atoms with van der Waals surface area (Å²) in [6, 6.07) is 12.8. The lowest BCUT2D eigenvalue weighted by Gasteiger charge is -2.07. The van der Waals surface area contributed by atoms with E-state index in [1.165, 1.54) is 0 Å². The summed E-state index contributed by atoms with van der Waals surface area (Å²) in [6.45, 7) is 0. The van der Waals surface area contributed by atoms with E-state index in [9.17, 15) is 4.79 Å². The van der Waals surface area contributed by atoms with Gasteiger partial charge in [0.2, 0.25) is 0 Å². The fourth-order valence-corrected chi connectivity index (χ4v) is 2.57. The number of carbonyl (C=O) groups is 1. The maximum Gasteiger partial charge on any atom is 0.257 e. The van der Waals surface area contributed by atoms with Crippen molar-refractivity contribution in [2.45, 2.75) is 0 Å². The van der Waals surface area contributed by atoms with Gasteiger partial charge >= 0.3 is 0 Å². The Kier molecular flexibility index (Phi) is 3.51. The molecule has 0 aliphatic rings. The van der Waals surface area contributed by atoms with Gasteiger partial charge in [0.1, 0.15) is 0 Å². The lowest BCUT2D eigenvalue weighted by Crippen LogP contribution is -2.12. The molecule has 3 nitrogen and oxygen atoms in total. The Morgan fingerprint density at radius 3 is 2.85 bits per heavy atom. The third kappa shape index (κ3) is 2.57. The summed E-state index contributed by atoms with van der Waals surface area (Å²) >= 11 is 9.38. The molecule has 20 heavy (non-hydrogen) atoms. The highest BCUT2D eigenvalue weighted by Crippen LogP contribution is 2.23. The minimum atomic E-state index is -0.230. The summed E-state index contributed by atoms with van der Waals surface area (Å²) in [5.41, 5.74) is 2.21. The predicted molar refractivity (Wildman–Crippen MR) is 85.4 cm³/mol. The molecule has 0 aliphatic heterocycles. The van der Waals surface area contributed by atoms with Gasteiger partial charge in [-0.25, -0.2) is 0 Å². The first kappa shape index (κ1) is 13.2. The van der Waals surface area contributed by atoms with Crippen molar-refractivity contribution in [3.05, 3.63) is 63.7 Å². The molecule has 2 N–H and O–H groups in total. The fraction of sp³-hybridized carbons (Fsp3) is 0. The Morgan fingerprint density at radius 1 is 1.15 bits per heavy atom. The summed E-state index contributed by atoms with van der Waals surface area (Å²) in [5, 5.41) is 4.32. The number of H-pyrrole nitrogens is 1. The first-order valence-corrected chi connectivity index (χ1v) is 7.14. The molecule has 0 bridgehead atoms. The quantitative estimate of drug-likeness (QED) is 0.683. The van der Waals surface area contributed by atoms with Gasteiger partial charge in [-0.05, 0) is 42.5 Å². The highest BCUT2D eigenvalue weighted by Gasteiger charge is 2.11. The van der Waals surface area contributed by atoms with Crippen molar-refractivity contribution in [1.29, 1.82) is 0 Å². The molecule has 3 rings (SSSR count). The number of carbonyl (C=O) groups excluding carboxylic acids is 1. The fourth-order valence-electron chi connectivity index (χ4n) is 2.00. The van der Waals surface area contributed by atoms with Crippen molar-refractivity contribution < 1.29 is 4.79 Å². The molecule has 2 aromatic carbocycles. The number of halogens is 2. The predicted octanol–water partition coefficient (Wildman–Crippen LogP) is 4.84. The molecule has 3 aromatic rings. The van der Waals surface area contributed by atoms with E-state index in [4.69, 9.17) is 11.6 Å². The highest BCUT2D eigenvalue weighted by atomic mass is 79.9. The van der Waals surface area contributed by atoms with Crippen molar-refractivity contribution in [3.63, 3.8) is 0 Å². The zero-order valence-corrected chi connectivity index (χ0v) is 12.6. The van der Waals surface area contributed by atoms with E-state index in [2.05, 4.69) is 26.2 Å². The number of benzene rings is 2. The minimum absolute atomic E-state index is 0.230. The number of aromatic nitrogens is 1. The molecule has 0 atom stereocenters. The van der Waals surface area contributed by atoms with Crippen molar-refractivity contribution in [2.24, 2.45) is 0 Å². The number of anilines is 1. The summed E-state index contributed by atoms with van der Waals surface area (Å²) < 4.78 is 0.813. The Morgan fingerprint density at radius 2 is 2.00 bits per heavy atom. The van der Waals surface area contributed by atoms with Crippen molar-refractivity contribution in [3.8, 4) is 0 Å². The Hall–Kier alpha value is -1.78. The van der Waals surface area contributed by atoms with Crippen LogP contribution in [-0.2, 0) is 0 Å². The van der Waals surface area contributed by atoms with Gasteiger partial charge in [0.25, 0.3) is 5.91 Å². The SMILES string of the molecule is O=C(Nc1ccc2[nH]ccc2c1)c1cc(Br)ccc1Cl. The minimum Gasteiger partial charge on any atom is -0.361 e. The Bertz CT molecular complexity index is 797. The van der Waals surface area contributed by atoms with E-state index in [1.807, 2.05) is 30.5 Å².